The van der Waals surface area contributed by atoms with Crippen molar-refractivity contribution < 1.29 is 4.79 Å². The molecule has 20 heavy (non-hydrogen) atoms. The van der Waals surface area contributed by atoms with Gasteiger partial charge in [0.1, 0.15) is 6.33 Å². The van der Waals surface area contributed by atoms with E-state index in [0.29, 0.717) is 11.2 Å². The van der Waals surface area contributed by atoms with Gasteiger partial charge in [0, 0.05) is 14.1 Å². The van der Waals surface area contributed by atoms with Crippen LogP contribution in [0.5, 0.6) is 0 Å². The fourth-order valence-corrected chi connectivity index (χ4v) is 1.88. The van der Waals surface area contributed by atoms with Gasteiger partial charge < -0.3 is 4.90 Å². The normalized spacial score (nSPS) is 11.5. The molecule has 7 heteroatoms. The van der Waals surface area contributed by atoms with Crippen molar-refractivity contribution in [2.75, 3.05) is 14.1 Å². The van der Waals surface area contributed by atoms with Gasteiger partial charge in [0.2, 0.25) is 0 Å². The first-order chi connectivity index (χ1) is 9.66. The van der Waals surface area contributed by atoms with Gasteiger partial charge in [-0.3, -0.25) is 9.20 Å². The number of nitrogens with zero attached hydrogens (tertiary/aromatic N) is 6. The second-order valence-electron chi connectivity index (χ2n) is 4.49. The van der Waals surface area contributed by atoms with E-state index in [1.807, 2.05) is 24.3 Å². The summed E-state index contributed by atoms with van der Waals surface area (Å²) in [6.45, 7) is 0. The van der Waals surface area contributed by atoms with Crippen LogP contribution in [0.15, 0.2) is 35.6 Å². The number of para-hydroxylation sites is 2. The number of hydrogen-bond acceptors (Lipinski definition) is 4. The van der Waals surface area contributed by atoms with Crippen LogP contribution in [0.2, 0.25) is 0 Å². The predicted molar refractivity (Wildman–Crippen MR) is 74.8 cm³/mol. The molecule has 0 radical (unpaired) electrons. The number of fused-ring (bicyclic) bond motifs is 3. The number of hydrogen-bond donors (Lipinski definition) is 0. The van der Waals surface area contributed by atoms with Crippen LogP contribution in [0.3, 0.4) is 0 Å². The van der Waals surface area contributed by atoms with E-state index in [9.17, 15) is 4.79 Å². The first-order valence-electron chi connectivity index (χ1n) is 6.00. The van der Waals surface area contributed by atoms with Gasteiger partial charge in [-0.1, -0.05) is 12.1 Å². The average molecular weight is 268 g/mol. The molecular formula is C13H12N6O. The summed E-state index contributed by atoms with van der Waals surface area (Å²) in [6, 6.07) is 7.50. The Bertz CT molecular complexity index is 820. The first-order valence-corrected chi connectivity index (χ1v) is 6.00. The Hall–Kier alpha value is -2.83. The summed E-state index contributed by atoms with van der Waals surface area (Å²) in [7, 11) is 3.58. The van der Waals surface area contributed by atoms with E-state index in [1.54, 1.807) is 29.7 Å². The van der Waals surface area contributed by atoms with Crippen LogP contribution in [0, 0.1) is 0 Å². The van der Waals surface area contributed by atoms with Gasteiger partial charge in [-0.25, -0.2) is 4.98 Å². The third-order valence-electron chi connectivity index (χ3n) is 2.74. The van der Waals surface area contributed by atoms with Gasteiger partial charge in [-0.15, -0.1) is 10.2 Å². The lowest BCUT2D eigenvalue weighted by Gasteiger charge is -2.04. The van der Waals surface area contributed by atoms with Crippen LogP contribution in [-0.4, -0.2) is 50.8 Å². The SMILES string of the molecule is CN(C)C=NC(=O)c1nc2ccccc2n2cnnc12. The molecule has 0 aliphatic heterocycles. The molecule has 0 bridgehead atoms. The highest BCUT2D eigenvalue weighted by Crippen LogP contribution is 2.16. The minimum Gasteiger partial charge on any atom is -0.369 e. The molecule has 0 aliphatic rings. The van der Waals surface area contributed by atoms with Crippen molar-refractivity contribution in [3.8, 4) is 0 Å². The molecule has 0 spiro atoms. The van der Waals surface area contributed by atoms with Gasteiger partial charge >= 0.3 is 5.91 Å². The van der Waals surface area contributed by atoms with Crippen molar-refractivity contribution in [3.05, 3.63) is 36.3 Å². The zero-order chi connectivity index (χ0) is 14.1. The Morgan fingerprint density at radius 2 is 2.15 bits per heavy atom. The summed E-state index contributed by atoms with van der Waals surface area (Å²) >= 11 is 0. The smallest absolute Gasteiger partial charge is 0.300 e. The maximum atomic E-state index is 12.1. The molecule has 0 saturated heterocycles. The lowest BCUT2D eigenvalue weighted by atomic mass is 10.3. The van der Waals surface area contributed by atoms with Crippen LogP contribution >= 0.6 is 0 Å². The van der Waals surface area contributed by atoms with E-state index in [0.717, 1.165) is 5.52 Å². The number of carbonyl (C=O) groups is 1. The summed E-state index contributed by atoms with van der Waals surface area (Å²) in [5, 5.41) is 7.81. The van der Waals surface area contributed by atoms with Crippen molar-refractivity contribution in [2.24, 2.45) is 4.99 Å². The molecule has 3 aromatic rings. The van der Waals surface area contributed by atoms with E-state index < -0.39 is 5.91 Å². The third kappa shape index (κ3) is 1.99. The molecule has 1 aromatic carbocycles. The minimum atomic E-state index is -0.442. The van der Waals surface area contributed by atoms with Crippen molar-refractivity contribution in [3.63, 3.8) is 0 Å². The molecule has 0 unspecified atom stereocenters. The Kier molecular flexibility index (Phi) is 2.86. The second kappa shape index (κ2) is 4.69. The molecule has 1 amide bonds. The highest BCUT2D eigenvalue weighted by Gasteiger charge is 2.16. The van der Waals surface area contributed by atoms with Gasteiger partial charge in [-0.05, 0) is 12.1 Å². The van der Waals surface area contributed by atoms with Crippen molar-refractivity contribution in [2.45, 2.75) is 0 Å². The number of rotatable bonds is 2. The highest BCUT2D eigenvalue weighted by molar-refractivity contribution is 6.03. The molecule has 2 heterocycles. The van der Waals surface area contributed by atoms with Crippen LogP contribution in [0.25, 0.3) is 16.7 Å². The second-order valence-corrected chi connectivity index (χ2v) is 4.49. The monoisotopic (exact) mass is 268 g/mol. The van der Waals surface area contributed by atoms with E-state index >= 15 is 0 Å². The minimum absolute atomic E-state index is 0.194. The fraction of sp³-hybridized carbons (Fsp3) is 0.154. The van der Waals surface area contributed by atoms with Crippen molar-refractivity contribution in [1.82, 2.24) is 24.5 Å². The largest absolute Gasteiger partial charge is 0.369 e. The molecule has 100 valence electrons. The molecular weight excluding hydrogens is 256 g/mol. The first kappa shape index (κ1) is 12.2. The summed E-state index contributed by atoms with van der Waals surface area (Å²) in [4.78, 5) is 22.0. The van der Waals surface area contributed by atoms with E-state index in [-0.39, 0.29) is 5.69 Å². The molecule has 0 N–H and O–H groups in total. The number of amides is 1. The third-order valence-corrected chi connectivity index (χ3v) is 2.74. The summed E-state index contributed by atoms with van der Waals surface area (Å²) in [5.41, 5.74) is 2.15. The summed E-state index contributed by atoms with van der Waals surface area (Å²) in [5.74, 6) is -0.442. The van der Waals surface area contributed by atoms with Crippen molar-refractivity contribution >= 4 is 28.9 Å². The number of benzene rings is 1. The topological polar surface area (TPSA) is 75.8 Å². The van der Waals surface area contributed by atoms with E-state index in [1.165, 1.54) is 6.34 Å². The van der Waals surface area contributed by atoms with Gasteiger partial charge in [-0.2, -0.15) is 4.99 Å². The maximum Gasteiger partial charge on any atom is 0.300 e. The molecule has 2 aromatic heterocycles. The molecule has 0 atom stereocenters. The zero-order valence-corrected chi connectivity index (χ0v) is 11.1. The maximum absolute atomic E-state index is 12.1. The van der Waals surface area contributed by atoms with Crippen molar-refractivity contribution in [1.29, 1.82) is 0 Å². The lowest BCUT2D eigenvalue weighted by molar-refractivity contribution is 0.0999. The molecule has 0 aliphatic carbocycles. The van der Waals surface area contributed by atoms with Crippen LogP contribution in [-0.2, 0) is 0 Å². The molecule has 7 nitrogen and oxygen atoms in total. The van der Waals surface area contributed by atoms with Crippen LogP contribution in [0.4, 0.5) is 0 Å². The zero-order valence-electron chi connectivity index (χ0n) is 11.1. The summed E-state index contributed by atoms with van der Waals surface area (Å²) in [6.07, 6.45) is 3.00. The van der Waals surface area contributed by atoms with E-state index in [2.05, 4.69) is 20.2 Å². The molecule has 3 rings (SSSR count). The van der Waals surface area contributed by atoms with Gasteiger partial charge in [0.25, 0.3) is 0 Å². The van der Waals surface area contributed by atoms with Gasteiger partial charge in [0.05, 0.1) is 17.4 Å². The highest BCUT2D eigenvalue weighted by atomic mass is 16.1. The Labute approximate surface area is 114 Å². The predicted octanol–water partition coefficient (Wildman–Crippen LogP) is 1.01. The van der Waals surface area contributed by atoms with Crippen LogP contribution < -0.4 is 0 Å². The Morgan fingerprint density at radius 3 is 2.95 bits per heavy atom. The average Bonchev–Trinajstić information content (AvgIpc) is 2.93. The van der Waals surface area contributed by atoms with E-state index in [4.69, 9.17) is 0 Å². The lowest BCUT2D eigenvalue weighted by Crippen LogP contribution is -2.11. The molecule has 0 saturated carbocycles. The summed E-state index contributed by atoms with van der Waals surface area (Å²) < 4.78 is 1.74. The number of aromatic nitrogens is 4. The quantitative estimate of drug-likeness (QED) is 0.512. The Morgan fingerprint density at radius 1 is 1.35 bits per heavy atom. The molecule has 0 fully saturated rings. The number of aliphatic imine (C=N–C) groups is 1. The van der Waals surface area contributed by atoms with Crippen LogP contribution in [0.1, 0.15) is 10.5 Å². The fourth-order valence-electron chi connectivity index (χ4n) is 1.88. The number of carbonyl (C=O) groups excluding carboxylic acids is 1. The Balaban J connectivity index is 2.23. The standard InChI is InChI=1S/C13H12N6O/c1-18(2)7-14-13(20)11-12-17-15-8-19(12)10-6-4-3-5-9(10)16-11/h3-8H,1-2H3. The van der Waals surface area contributed by atoms with Gasteiger partial charge in [0.15, 0.2) is 11.3 Å².